The SMILES string of the molecule is COc1ccc2c3c(ccc2c1)Oc1ccc2cc(OC)ccc2c1C3c1ccc(-c2ccccc2)cc1. The Labute approximate surface area is 221 Å². The van der Waals surface area contributed by atoms with Crippen LogP contribution in [0.1, 0.15) is 22.6 Å². The fraction of sp³-hybridized carbons (Fsp3) is 0.0857. The lowest BCUT2D eigenvalue weighted by Crippen LogP contribution is -2.13. The number of fused-ring (bicyclic) bond motifs is 6. The molecule has 3 heteroatoms. The van der Waals surface area contributed by atoms with Crippen molar-refractivity contribution < 1.29 is 14.2 Å². The highest BCUT2D eigenvalue weighted by molar-refractivity contribution is 5.96. The van der Waals surface area contributed by atoms with E-state index in [-0.39, 0.29) is 5.92 Å². The van der Waals surface area contributed by atoms with Crippen molar-refractivity contribution in [3.63, 3.8) is 0 Å². The minimum atomic E-state index is -0.00670. The number of benzene rings is 6. The van der Waals surface area contributed by atoms with E-state index < -0.39 is 0 Å². The van der Waals surface area contributed by atoms with E-state index in [4.69, 9.17) is 14.2 Å². The third kappa shape index (κ3) is 3.59. The van der Waals surface area contributed by atoms with Crippen LogP contribution < -0.4 is 14.2 Å². The van der Waals surface area contributed by atoms with Crippen molar-refractivity contribution in [1.82, 2.24) is 0 Å². The Morgan fingerprint density at radius 3 is 1.58 bits per heavy atom. The van der Waals surface area contributed by atoms with Gasteiger partial charge in [0.1, 0.15) is 23.0 Å². The van der Waals surface area contributed by atoms with Gasteiger partial charge in [-0.3, -0.25) is 0 Å². The van der Waals surface area contributed by atoms with Crippen LogP contribution in [0.4, 0.5) is 0 Å². The van der Waals surface area contributed by atoms with E-state index in [9.17, 15) is 0 Å². The second-order valence-corrected chi connectivity index (χ2v) is 9.65. The maximum Gasteiger partial charge on any atom is 0.132 e. The molecule has 1 aliphatic rings. The standard InChI is InChI=1S/C35H26O3/c1-36-27-14-16-29-25(20-27)12-18-31-34(29)33(24-10-8-23(9-11-24)22-6-4-3-5-7-22)35-30-17-15-28(37-2)21-26(30)13-19-32(35)38-31/h3-21,33H,1-2H3. The van der Waals surface area contributed by atoms with Crippen LogP contribution >= 0.6 is 0 Å². The third-order valence-electron chi connectivity index (χ3n) is 7.61. The predicted octanol–water partition coefficient (Wildman–Crippen LogP) is 8.96. The molecule has 0 saturated heterocycles. The first kappa shape index (κ1) is 22.4. The lowest BCUT2D eigenvalue weighted by Gasteiger charge is -2.31. The van der Waals surface area contributed by atoms with Crippen LogP contribution in [0, 0.1) is 0 Å². The summed E-state index contributed by atoms with van der Waals surface area (Å²) in [4.78, 5) is 0. The average Bonchev–Trinajstić information content (AvgIpc) is 2.99. The Kier molecular flexibility index (Phi) is 5.29. The monoisotopic (exact) mass is 494 g/mol. The second kappa shape index (κ2) is 8.97. The Bertz CT molecular complexity index is 1710. The summed E-state index contributed by atoms with van der Waals surface area (Å²) in [5.41, 5.74) is 5.98. The molecule has 0 N–H and O–H groups in total. The summed E-state index contributed by atoms with van der Waals surface area (Å²) < 4.78 is 17.6. The molecule has 0 spiro atoms. The molecule has 184 valence electrons. The lowest BCUT2D eigenvalue weighted by atomic mass is 9.78. The summed E-state index contributed by atoms with van der Waals surface area (Å²) in [5.74, 6) is 3.46. The molecular formula is C35H26O3. The minimum Gasteiger partial charge on any atom is -0.497 e. The van der Waals surface area contributed by atoms with Gasteiger partial charge >= 0.3 is 0 Å². The molecule has 1 heterocycles. The lowest BCUT2D eigenvalue weighted by molar-refractivity contribution is 0.415. The van der Waals surface area contributed by atoms with E-state index in [0.29, 0.717) is 0 Å². The maximum atomic E-state index is 6.59. The fourth-order valence-electron chi connectivity index (χ4n) is 5.75. The van der Waals surface area contributed by atoms with Crippen LogP contribution in [0.2, 0.25) is 0 Å². The predicted molar refractivity (Wildman–Crippen MR) is 154 cm³/mol. The molecule has 0 bridgehead atoms. The summed E-state index contributed by atoms with van der Waals surface area (Å²) in [6.07, 6.45) is 0. The van der Waals surface area contributed by atoms with Crippen LogP contribution in [0.3, 0.4) is 0 Å². The quantitative estimate of drug-likeness (QED) is 0.244. The van der Waals surface area contributed by atoms with Gasteiger partial charge < -0.3 is 14.2 Å². The zero-order valence-electron chi connectivity index (χ0n) is 21.3. The van der Waals surface area contributed by atoms with Gasteiger partial charge in [-0.05, 0) is 74.6 Å². The molecule has 0 aliphatic carbocycles. The van der Waals surface area contributed by atoms with Gasteiger partial charge in [0.15, 0.2) is 0 Å². The third-order valence-corrected chi connectivity index (χ3v) is 7.61. The number of rotatable bonds is 4. The first-order valence-corrected chi connectivity index (χ1v) is 12.8. The van der Waals surface area contributed by atoms with Gasteiger partial charge in [0.05, 0.1) is 14.2 Å². The Morgan fingerprint density at radius 2 is 1.05 bits per heavy atom. The Balaban J connectivity index is 1.49. The van der Waals surface area contributed by atoms with Crippen molar-refractivity contribution in [2.24, 2.45) is 0 Å². The molecule has 7 rings (SSSR count). The minimum absolute atomic E-state index is 0.00670. The molecule has 0 saturated carbocycles. The summed E-state index contributed by atoms with van der Waals surface area (Å²) in [6, 6.07) is 40.4. The smallest absolute Gasteiger partial charge is 0.132 e. The second-order valence-electron chi connectivity index (χ2n) is 9.65. The van der Waals surface area contributed by atoms with E-state index >= 15 is 0 Å². The van der Waals surface area contributed by atoms with Gasteiger partial charge in [-0.1, -0.05) is 78.9 Å². The molecule has 0 fully saturated rings. The average molecular weight is 495 g/mol. The molecule has 0 radical (unpaired) electrons. The highest BCUT2D eigenvalue weighted by atomic mass is 16.5. The van der Waals surface area contributed by atoms with Gasteiger partial charge in [0.2, 0.25) is 0 Å². The van der Waals surface area contributed by atoms with Crippen LogP contribution in [0.5, 0.6) is 23.0 Å². The van der Waals surface area contributed by atoms with Crippen LogP contribution in [0.25, 0.3) is 32.7 Å². The number of hydrogen-bond donors (Lipinski definition) is 0. The maximum absolute atomic E-state index is 6.59. The molecule has 38 heavy (non-hydrogen) atoms. The van der Waals surface area contributed by atoms with Crippen molar-refractivity contribution in [2.75, 3.05) is 14.2 Å². The van der Waals surface area contributed by atoms with E-state index in [2.05, 4.69) is 97.1 Å². The first-order valence-electron chi connectivity index (χ1n) is 12.8. The number of ether oxygens (including phenoxy) is 3. The molecule has 6 aromatic carbocycles. The van der Waals surface area contributed by atoms with Crippen LogP contribution in [-0.2, 0) is 0 Å². The van der Waals surface area contributed by atoms with E-state index in [0.717, 1.165) is 44.5 Å². The zero-order chi connectivity index (χ0) is 25.6. The topological polar surface area (TPSA) is 27.7 Å². The molecule has 0 aromatic heterocycles. The number of methoxy groups -OCH3 is 2. The van der Waals surface area contributed by atoms with Gasteiger partial charge in [0.25, 0.3) is 0 Å². The molecule has 0 amide bonds. The summed E-state index contributed by atoms with van der Waals surface area (Å²) in [6.45, 7) is 0. The van der Waals surface area contributed by atoms with E-state index in [1.807, 2.05) is 18.2 Å². The van der Waals surface area contributed by atoms with Crippen molar-refractivity contribution in [2.45, 2.75) is 5.92 Å². The zero-order valence-corrected chi connectivity index (χ0v) is 21.3. The largest absolute Gasteiger partial charge is 0.497 e. The summed E-state index contributed by atoms with van der Waals surface area (Å²) in [5, 5.41) is 4.58. The van der Waals surface area contributed by atoms with Crippen LogP contribution in [-0.4, -0.2) is 14.2 Å². The Hall–Kier alpha value is -4.76. The number of hydrogen-bond acceptors (Lipinski definition) is 3. The molecule has 0 unspecified atom stereocenters. The van der Waals surface area contributed by atoms with Crippen molar-refractivity contribution >= 4 is 21.5 Å². The van der Waals surface area contributed by atoms with Gasteiger partial charge in [-0.25, -0.2) is 0 Å². The molecular weight excluding hydrogens is 468 g/mol. The fourth-order valence-corrected chi connectivity index (χ4v) is 5.75. The Morgan fingerprint density at radius 1 is 0.526 bits per heavy atom. The molecule has 1 aliphatic heterocycles. The van der Waals surface area contributed by atoms with E-state index in [1.54, 1.807) is 14.2 Å². The van der Waals surface area contributed by atoms with Gasteiger partial charge in [0, 0.05) is 17.0 Å². The molecule has 0 atom stereocenters. The van der Waals surface area contributed by atoms with Crippen molar-refractivity contribution in [1.29, 1.82) is 0 Å². The van der Waals surface area contributed by atoms with Crippen molar-refractivity contribution in [3.8, 4) is 34.1 Å². The van der Waals surface area contributed by atoms with Crippen LogP contribution in [0.15, 0.2) is 115 Å². The normalized spacial score (nSPS) is 12.6. The highest BCUT2D eigenvalue weighted by Crippen LogP contribution is 2.52. The van der Waals surface area contributed by atoms with Gasteiger partial charge in [-0.15, -0.1) is 0 Å². The molecule has 3 nitrogen and oxygen atoms in total. The summed E-state index contributed by atoms with van der Waals surface area (Å²) in [7, 11) is 3.41. The van der Waals surface area contributed by atoms with Crippen molar-refractivity contribution in [3.05, 3.63) is 132 Å². The highest BCUT2D eigenvalue weighted by Gasteiger charge is 2.32. The van der Waals surface area contributed by atoms with E-state index in [1.165, 1.54) is 27.8 Å². The summed E-state index contributed by atoms with van der Waals surface area (Å²) >= 11 is 0. The molecule has 6 aromatic rings. The first-order chi connectivity index (χ1) is 18.7. The van der Waals surface area contributed by atoms with Gasteiger partial charge in [-0.2, -0.15) is 0 Å².